The van der Waals surface area contributed by atoms with Crippen molar-refractivity contribution in [1.29, 1.82) is 0 Å². The Morgan fingerprint density at radius 3 is 2.93 bits per heavy atom. The maximum absolute atomic E-state index is 8.47. The van der Waals surface area contributed by atoms with Crippen molar-refractivity contribution in [3.63, 3.8) is 0 Å². The first-order valence-corrected chi connectivity index (χ1v) is 5.48. The average Bonchev–Trinajstić information content (AvgIpc) is 2.18. The predicted molar refractivity (Wildman–Crippen MR) is 59.5 cm³/mol. The molecular formula is C10H15NO2S. The van der Waals surface area contributed by atoms with Gasteiger partial charge in [-0.3, -0.25) is 0 Å². The fourth-order valence-electron chi connectivity index (χ4n) is 0.989. The van der Waals surface area contributed by atoms with Crippen LogP contribution in [0.25, 0.3) is 0 Å². The highest BCUT2D eigenvalue weighted by Crippen LogP contribution is 2.19. The fraction of sp³-hybridized carbons (Fsp3) is 0.400. The lowest BCUT2D eigenvalue weighted by Crippen LogP contribution is -2.02. The molecule has 3 nitrogen and oxygen atoms in total. The molecule has 4 heteroatoms. The van der Waals surface area contributed by atoms with Crippen LogP contribution in [0.1, 0.15) is 0 Å². The maximum Gasteiger partial charge on any atom is 0.0698 e. The summed E-state index contributed by atoms with van der Waals surface area (Å²) in [6.45, 7) is 1.15. The monoisotopic (exact) mass is 213 g/mol. The lowest BCUT2D eigenvalue weighted by molar-refractivity contribution is 0.103. The molecule has 0 spiro atoms. The molecule has 78 valence electrons. The summed E-state index contributed by atoms with van der Waals surface area (Å²) in [5.41, 5.74) is 6.42. The number of aliphatic hydroxyl groups excluding tert-OH is 1. The number of hydrogen-bond donors (Lipinski definition) is 2. The van der Waals surface area contributed by atoms with Gasteiger partial charge < -0.3 is 15.6 Å². The standard InChI is InChI=1S/C10H15NO2S/c11-9-2-1-3-10(8-9)14-7-6-13-5-4-12/h1-3,8,12H,4-7,11H2. The molecule has 0 aliphatic carbocycles. The van der Waals surface area contributed by atoms with E-state index in [0.29, 0.717) is 13.2 Å². The Bertz CT molecular complexity index is 268. The van der Waals surface area contributed by atoms with Crippen LogP contribution in [-0.2, 0) is 4.74 Å². The number of rotatable bonds is 6. The van der Waals surface area contributed by atoms with E-state index in [1.807, 2.05) is 24.3 Å². The molecule has 0 atom stereocenters. The van der Waals surface area contributed by atoms with Crippen molar-refractivity contribution in [2.75, 3.05) is 31.3 Å². The zero-order chi connectivity index (χ0) is 10.2. The summed E-state index contributed by atoms with van der Waals surface area (Å²) in [5.74, 6) is 0.878. The lowest BCUT2D eigenvalue weighted by atomic mass is 10.3. The van der Waals surface area contributed by atoms with Gasteiger partial charge in [0.05, 0.1) is 19.8 Å². The minimum atomic E-state index is 0.0863. The van der Waals surface area contributed by atoms with Crippen LogP contribution in [0, 0.1) is 0 Å². The highest BCUT2D eigenvalue weighted by molar-refractivity contribution is 7.99. The van der Waals surface area contributed by atoms with Crippen molar-refractivity contribution >= 4 is 17.4 Å². The van der Waals surface area contributed by atoms with Crippen LogP contribution in [0.3, 0.4) is 0 Å². The molecule has 1 aromatic carbocycles. The van der Waals surface area contributed by atoms with E-state index in [1.54, 1.807) is 11.8 Å². The van der Waals surface area contributed by atoms with E-state index in [-0.39, 0.29) is 6.61 Å². The molecule has 0 bridgehead atoms. The third kappa shape index (κ3) is 4.50. The van der Waals surface area contributed by atoms with E-state index in [9.17, 15) is 0 Å². The van der Waals surface area contributed by atoms with Gasteiger partial charge in [-0.15, -0.1) is 11.8 Å². The van der Waals surface area contributed by atoms with E-state index in [1.165, 1.54) is 0 Å². The molecule has 0 heterocycles. The second-order valence-electron chi connectivity index (χ2n) is 2.76. The Labute approximate surface area is 88.3 Å². The van der Waals surface area contributed by atoms with Gasteiger partial charge in [-0.25, -0.2) is 0 Å². The van der Waals surface area contributed by atoms with E-state index in [4.69, 9.17) is 15.6 Å². The second-order valence-corrected chi connectivity index (χ2v) is 3.93. The van der Waals surface area contributed by atoms with E-state index >= 15 is 0 Å². The summed E-state index contributed by atoms with van der Waals surface area (Å²) in [6, 6.07) is 7.77. The number of benzene rings is 1. The van der Waals surface area contributed by atoms with Crippen LogP contribution < -0.4 is 5.73 Å². The summed E-state index contributed by atoms with van der Waals surface area (Å²) in [7, 11) is 0. The first-order valence-electron chi connectivity index (χ1n) is 4.50. The topological polar surface area (TPSA) is 55.5 Å². The van der Waals surface area contributed by atoms with Gasteiger partial charge in [0.1, 0.15) is 0 Å². The summed E-state index contributed by atoms with van der Waals surface area (Å²) >= 11 is 1.70. The van der Waals surface area contributed by atoms with Crippen LogP contribution in [0.2, 0.25) is 0 Å². The Kier molecular flexibility index (Phi) is 5.44. The van der Waals surface area contributed by atoms with Crippen molar-refractivity contribution in [3.8, 4) is 0 Å². The third-order valence-corrected chi connectivity index (χ3v) is 2.55. The van der Waals surface area contributed by atoms with Crippen molar-refractivity contribution in [2.45, 2.75) is 4.90 Å². The number of ether oxygens (including phenoxy) is 1. The number of aliphatic hydroxyl groups is 1. The van der Waals surface area contributed by atoms with Crippen molar-refractivity contribution < 1.29 is 9.84 Å². The fourth-order valence-corrected chi connectivity index (χ4v) is 1.82. The van der Waals surface area contributed by atoms with Crippen molar-refractivity contribution in [3.05, 3.63) is 24.3 Å². The smallest absolute Gasteiger partial charge is 0.0698 e. The van der Waals surface area contributed by atoms with Crippen molar-refractivity contribution in [1.82, 2.24) is 0 Å². The third-order valence-electron chi connectivity index (χ3n) is 1.59. The highest BCUT2D eigenvalue weighted by atomic mass is 32.2. The molecule has 0 amide bonds. The molecule has 0 saturated heterocycles. The van der Waals surface area contributed by atoms with Gasteiger partial charge in [0, 0.05) is 16.3 Å². The zero-order valence-electron chi connectivity index (χ0n) is 7.98. The quantitative estimate of drug-likeness (QED) is 0.426. The molecule has 0 unspecified atom stereocenters. The molecule has 0 aliphatic heterocycles. The van der Waals surface area contributed by atoms with Crippen LogP contribution in [-0.4, -0.2) is 30.7 Å². The van der Waals surface area contributed by atoms with Gasteiger partial charge >= 0.3 is 0 Å². The molecule has 0 saturated carbocycles. The molecule has 3 N–H and O–H groups in total. The molecule has 14 heavy (non-hydrogen) atoms. The van der Waals surface area contributed by atoms with Gasteiger partial charge in [-0.1, -0.05) is 6.07 Å². The normalized spacial score (nSPS) is 10.4. The Hall–Kier alpha value is -0.710. The van der Waals surface area contributed by atoms with Crippen molar-refractivity contribution in [2.24, 2.45) is 0 Å². The molecule has 1 aromatic rings. The van der Waals surface area contributed by atoms with E-state index in [0.717, 1.165) is 16.3 Å². The Morgan fingerprint density at radius 1 is 1.36 bits per heavy atom. The summed E-state index contributed by atoms with van der Waals surface area (Å²) in [4.78, 5) is 1.15. The molecule has 0 aliphatic rings. The Balaban J connectivity index is 2.18. The van der Waals surface area contributed by atoms with Gasteiger partial charge in [-0.2, -0.15) is 0 Å². The number of nitrogen functional groups attached to an aromatic ring is 1. The van der Waals surface area contributed by atoms with Gasteiger partial charge in [-0.05, 0) is 18.2 Å². The second kappa shape index (κ2) is 6.70. The predicted octanol–water partition coefficient (Wildman–Crippen LogP) is 1.37. The largest absolute Gasteiger partial charge is 0.399 e. The molecule has 0 aromatic heterocycles. The maximum atomic E-state index is 8.47. The van der Waals surface area contributed by atoms with E-state index < -0.39 is 0 Å². The van der Waals surface area contributed by atoms with Gasteiger partial charge in [0.2, 0.25) is 0 Å². The molecule has 1 rings (SSSR count). The summed E-state index contributed by atoms with van der Waals surface area (Å²) in [5, 5.41) is 8.47. The number of thioether (sulfide) groups is 1. The molecule has 0 fully saturated rings. The average molecular weight is 213 g/mol. The lowest BCUT2D eigenvalue weighted by Gasteiger charge is -2.03. The Morgan fingerprint density at radius 2 is 2.21 bits per heavy atom. The SMILES string of the molecule is Nc1cccc(SCCOCCO)c1. The number of hydrogen-bond acceptors (Lipinski definition) is 4. The van der Waals surface area contributed by atoms with Gasteiger partial charge in [0.15, 0.2) is 0 Å². The first-order chi connectivity index (χ1) is 6.83. The minimum Gasteiger partial charge on any atom is -0.399 e. The number of anilines is 1. The molecule has 0 radical (unpaired) electrons. The van der Waals surface area contributed by atoms with Gasteiger partial charge in [0.25, 0.3) is 0 Å². The zero-order valence-corrected chi connectivity index (χ0v) is 8.80. The first kappa shape index (κ1) is 11.4. The van der Waals surface area contributed by atoms with Crippen LogP contribution in [0.4, 0.5) is 5.69 Å². The van der Waals surface area contributed by atoms with Crippen LogP contribution in [0.15, 0.2) is 29.2 Å². The number of nitrogens with two attached hydrogens (primary N) is 1. The highest BCUT2D eigenvalue weighted by Gasteiger charge is 1.94. The van der Waals surface area contributed by atoms with E-state index in [2.05, 4.69) is 0 Å². The molecular weight excluding hydrogens is 198 g/mol. The summed E-state index contributed by atoms with van der Waals surface area (Å²) < 4.78 is 5.13. The minimum absolute atomic E-state index is 0.0863. The summed E-state index contributed by atoms with van der Waals surface area (Å²) in [6.07, 6.45) is 0. The van der Waals surface area contributed by atoms with Crippen LogP contribution in [0.5, 0.6) is 0 Å². The van der Waals surface area contributed by atoms with Crippen LogP contribution >= 0.6 is 11.8 Å².